The second-order valence-electron chi connectivity index (χ2n) is 7.71. The molecule has 0 bridgehead atoms. The average molecular weight is 410 g/mol. The number of nitrogens with one attached hydrogen (secondary N) is 1. The fourth-order valence-electron chi connectivity index (χ4n) is 4.54. The molecule has 7 heteroatoms. The summed E-state index contributed by atoms with van der Waals surface area (Å²) in [7, 11) is 4.82. The molecule has 158 valence electrons. The highest BCUT2D eigenvalue weighted by Gasteiger charge is 2.49. The second kappa shape index (κ2) is 7.55. The minimum absolute atomic E-state index is 0.00721. The molecule has 2 amide bonds. The summed E-state index contributed by atoms with van der Waals surface area (Å²) >= 11 is 0. The van der Waals surface area contributed by atoms with Gasteiger partial charge in [0.05, 0.1) is 26.7 Å². The number of carbonyl (C=O) groups excluding carboxylic acids is 2. The van der Waals surface area contributed by atoms with Gasteiger partial charge in [-0.25, -0.2) is 0 Å². The first kappa shape index (κ1) is 20.1. The molecule has 30 heavy (non-hydrogen) atoms. The Balaban J connectivity index is 1.76. The third-order valence-electron chi connectivity index (χ3n) is 6.29. The van der Waals surface area contributed by atoms with E-state index in [0.29, 0.717) is 43.2 Å². The lowest BCUT2D eigenvalue weighted by molar-refractivity contribution is -0.133. The summed E-state index contributed by atoms with van der Waals surface area (Å²) in [5, 5.41) is 3.06. The van der Waals surface area contributed by atoms with Gasteiger partial charge < -0.3 is 24.4 Å². The highest BCUT2D eigenvalue weighted by atomic mass is 16.5. The van der Waals surface area contributed by atoms with E-state index in [9.17, 15) is 9.59 Å². The topological polar surface area (TPSA) is 77.1 Å². The third kappa shape index (κ3) is 3.05. The van der Waals surface area contributed by atoms with Crippen molar-refractivity contribution in [1.82, 2.24) is 4.90 Å². The number of methoxy groups -OCH3 is 3. The predicted octanol–water partition coefficient (Wildman–Crippen LogP) is 3.21. The molecular weight excluding hydrogens is 384 g/mol. The molecule has 0 saturated carbocycles. The Bertz CT molecular complexity index is 1010. The van der Waals surface area contributed by atoms with Crippen molar-refractivity contribution in [3.63, 3.8) is 0 Å². The normalized spacial score (nSPS) is 16.8. The average Bonchev–Trinajstić information content (AvgIpc) is 3.02. The first-order chi connectivity index (χ1) is 14.4. The smallest absolute Gasteiger partial charge is 0.235 e. The van der Waals surface area contributed by atoms with Crippen LogP contribution in [0.3, 0.4) is 0 Å². The molecular formula is C23H26N2O5. The molecule has 0 unspecified atom stereocenters. The van der Waals surface area contributed by atoms with E-state index in [1.54, 1.807) is 33.2 Å². The van der Waals surface area contributed by atoms with Gasteiger partial charge in [-0.15, -0.1) is 0 Å². The molecule has 2 heterocycles. The number of likely N-dealkylation sites (tertiary alicyclic amines) is 1. The van der Waals surface area contributed by atoms with E-state index < -0.39 is 5.41 Å². The summed E-state index contributed by atoms with van der Waals surface area (Å²) in [6, 6.07) is 9.59. The van der Waals surface area contributed by atoms with Crippen molar-refractivity contribution in [3.05, 3.63) is 35.9 Å². The van der Waals surface area contributed by atoms with Gasteiger partial charge in [0.15, 0.2) is 11.5 Å². The Morgan fingerprint density at radius 2 is 1.63 bits per heavy atom. The zero-order valence-electron chi connectivity index (χ0n) is 17.7. The Labute approximate surface area is 175 Å². The van der Waals surface area contributed by atoms with E-state index in [-0.39, 0.29) is 11.8 Å². The van der Waals surface area contributed by atoms with Crippen LogP contribution in [-0.4, -0.2) is 51.1 Å². The highest BCUT2D eigenvalue weighted by molar-refractivity contribution is 6.07. The van der Waals surface area contributed by atoms with E-state index in [1.165, 1.54) is 0 Å². The molecule has 2 aromatic carbocycles. The number of piperidine rings is 1. The van der Waals surface area contributed by atoms with Crippen molar-refractivity contribution in [2.75, 3.05) is 39.7 Å². The number of carbonyl (C=O) groups is 2. The number of amides is 2. The first-order valence-electron chi connectivity index (χ1n) is 9.95. The minimum atomic E-state index is -0.620. The molecule has 4 rings (SSSR count). The quantitative estimate of drug-likeness (QED) is 0.838. The molecule has 1 N–H and O–H groups in total. The Morgan fingerprint density at radius 3 is 2.23 bits per heavy atom. The Kier molecular flexibility index (Phi) is 5.05. The summed E-state index contributed by atoms with van der Waals surface area (Å²) in [5.41, 5.74) is 2.87. The number of hydrogen-bond donors (Lipinski definition) is 1. The number of nitrogens with zero attached hydrogens (tertiary/aromatic N) is 1. The molecule has 1 fully saturated rings. The van der Waals surface area contributed by atoms with Crippen LogP contribution >= 0.6 is 0 Å². The van der Waals surface area contributed by atoms with Crippen LogP contribution in [0, 0.1) is 0 Å². The molecule has 2 aliphatic heterocycles. The van der Waals surface area contributed by atoms with E-state index >= 15 is 0 Å². The van der Waals surface area contributed by atoms with Gasteiger partial charge in [0.2, 0.25) is 11.8 Å². The predicted molar refractivity (Wildman–Crippen MR) is 113 cm³/mol. The summed E-state index contributed by atoms with van der Waals surface area (Å²) in [4.78, 5) is 26.5. The van der Waals surface area contributed by atoms with E-state index in [0.717, 1.165) is 22.4 Å². The molecule has 7 nitrogen and oxygen atoms in total. The number of anilines is 1. The van der Waals surface area contributed by atoms with Crippen molar-refractivity contribution >= 4 is 17.5 Å². The maximum absolute atomic E-state index is 13.0. The van der Waals surface area contributed by atoms with Crippen molar-refractivity contribution in [2.24, 2.45) is 0 Å². The molecule has 2 aromatic rings. The number of rotatable bonds is 4. The standard InChI is InChI=1S/C23H26N2O5/c1-14(26)25-9-7-23(8-10-25)17-13-20(29-3)16(12-18(17)24-22(23)27)15-5-6-19(28-2)21(11-15)30-4/h5-6,11-13H,7-10H2,1-4H3,(H,24,27). The Hall–Kier alpha value is -3.22. The van der Waals surface area contributed by atoms with Crippen LogP contribution in [0.4, 0.5) is 5.69 Å². The van der Waals surface area contributed by atoms with E-state index in [4.69, 9.17) is 14.2 Å². The van der Waals surface area contributed by atoms with Gasteiger partial charge in [0.25, 0.3) is 0 Å². The SMILES string of the molecule is COc1ccc(-c2cc3c(cc2OC)C2(CCN(C(C)=O)CC2)C(=O)N3)cc1OC. The fraction of sp³-hybridized carbons (Fsp3) is 0.391. The van der Waals surface area contributed by atoms with Crippen molar-refractivity contribution in [1.29, 1.82) is 0 Å². The number of ether oxygens (including phenoxy) is 3. The minimum Gasteiger partial charge on any atom is -0.496 e. The lowest BCUT2D eigenvalue weighted by atomic mass is 9.73. The van der Waals surface area contributed by atoms with Gasteiger partial charge in [0, 0.05) is 31.3 Å². The van der Waals surface area contributed by atoms with Gasteiger partial charge in [-0.05, 0) is 48.2 Å². The van der Waals surface area contributed by atoms with E-state index in [2.05, 4.69) is 5.32 Å². The van der Waals surface area contributed by atoms with Crippen molar-refractivity contribution in [2.45, 2.75) is 25.2 Å². The molecule has 1 spiro atoms. The fourth-order valence-corrected chi connectivity index (χ4v) is 4.54. The molecule has 2 aliphatic rings. The molecule has 0 atom stereocenters. The molecule has 0 radical (unpaired) electrons. The summed E-state index contributed by atoms with van der Waals surface area (Å²) < 4.78 is 16.5. The van der Waals surface area contributed by atoms with Crippen LogP contribution in [0.1, 0.15) is 25.3 Å². The Morgan fingerprint density at radius 1 is 0.967 bits per heavy atom. The van der Waals surface area contributed by atoms with Crippen LogP contribution in [0.5, 0.6) is 17.2 Å². The number of benzene rings is 2. The van der Waals surface area contributed by atoms with Crippen molar-refractivity contribution in [3.8, 4) is 28.4 Å². The molecule has 1 saturated heterocycles. The third-order valence-corrected chi connectivity index (χ3v) is 6.29. The van der Waals surface area contributed by atoms with Crippen molar-refractivity contribution < 1.29 is 23.8 Å². The first-order valence-corrected chi connectivity index (χ1v) is 9.95. The molecule has 0 aromatic heterocycles. The number of fused-ring (bicyclic) bond motifs is 2. The lowest BCUT2D eigenvalue weighted by Crippen LogP contribution is -2.47. The maximum atomic E-state index is 13.0. The zero-order valence-corrected chi connectivity index (χ0v) is 17.7. The number of hydrogen-bond acceptors (Lipinski definition) is 5. The molecule has 0 aliphatic carbocycles. The van der Waals surface area contributed by atoms with Gasteiger partial charge >= 0.3 is 0 Å². The second-order valence-corrected chi connectivity index (χ2v) is 7.71. The monoisotopic (exact) mass is 410 g/mol. The van der Waals surface area contributed by atoms with Gasteiger partial charge in [-0.2, -0.15) is 0 Å². The summed E-state index contributed by atoms with van der Waals surface area (Å²) in [6.07, 6.45) is 1.20. The highest BCUT2D eigenvalue weighted by Crippen LogP contribution is 2.49. The van der Waals surface area contributed by atoms with Crippen LogP contribution in [0.25, 0.3) is 11.1 Å². The largest absolute Gasteiger partial charge is 0.496 e. The van der Waals surface area contributed by atoms with Crippen LogP contribution < -0.4 is 19.5 Å². The zero-order chi connectivity index (χ0) is 21.5. The van der Waals surface area contributed by atoms with Gasteiger partial charge in [0.1, 0.15) is 5.75 Å². The maximum Gasteiger partial charge on any atom is 0.235 e. The summed E-state index contributed by atoms with van der Waals surface area (Å²) in [6.45, 7) is 2.71. The summed E-state index contributed by atoms with van der Waals surface area (Å²) in [5.74, 6) is 1.99. The van der Waals surface area contributed by atoms with Crippen LogP contribution in [0.2, 0.25) is 0 Å². The van der Waals surface area contributed by atoms with Crippen LogP contribution in [-0.2, 0) is 15.0 Å². The van der Waals surface area contributed by atoms with E-state index in [1.807, 2.05) is 30.3 Å². The van der Waals surface area contributed by atoms with Gasteiger partial charge in [-0.3, -0.25) is 9.59 Å². The van der Waals surface area contributed by atoms with Gasteiger partial charge in [-0.1, -0.05) is 6.07 Å². The lowest BCUT2D eigenvalue weighted by Gasteiger charge is -2.37. The van der Waals surface area contributed by atoms with Crippen LogP contribution in [0.15, 0.2) is 30.3 Å².